The molecule has 1 heterocycles. The van der Waals surface area contributed by atoms with Gasteiger partial charge in [0.15, 0.2) is 0 Å². The lowest BCUT2D eigenvalue weighted by Crippen LogP contribution is -2.37. The summed E-state index contributed by atoms with van der Waals surface area (Å²) in [4.78, 5) is 25.2. The molecule has 0 aliphatic carbocycles. The van der Waals surface area contributed by atoms with E-state index in [9.17, 15) is 14.9 Å². The van der Waals surface area contributed by atoms with Gasteiger partial charge in [-0.2, -0.15) is 5.10 Å². The van der Waals surface area contributed by atoms with Crippen molar-refractivity contribution in [3.63, 3.8) is 0 Å². The van der Waals surface area contributed by atoms with Crippen LogP contribution in [-0.4, -0.2) is 64.4 Å². The van der Waals surface area contributed by atoms with Gasteiger partial charge in [-0.1, -0.05) is 6.92 Å². The minimum absolute atomic E-state index is 0.111. The van der Waals surface area contributed by atoms with Crippen molar-refractivity contribution in [3.8, 4) is 0 Å². The lowest BCUT2D eigenvalue weighted by atomic mass is 10.2. The summed E-state index contributed by atoms with van der Waals surface area (Å²) >= 11 is 0. The summed E-state index contributed by atoms with van der Waals surface area (Å²) in [5, 5.41) is 24.5. The normalized spacial score (nSPS) is 10.9. The summed E-state index contributed by atoms with van der Waals surface area (Å²) in [7, 11) is 5.30. The van der Waals surface area contributed by atoms with Crippen LogP contribution in [0.5, 0.6) is 0 Å². The zero-order valence-corrected chi connectivity index (χ0v) is 12.7. The minimum Gasteiger partial charge on any atom is -0.480 e. The molecule has 0 aliphatic heterocycles. The molecule has 0 radical (unpaired) electrons. The molecule has 0 saturated carbocycles. The van der Waals surface area contributed by atoms with E-state index in [1.165, 1.54) is 9.58 Å². The summed E-state index contributed by atoms with van der Waals surface area (Å²) in [5.74, 6) is -0.802. The SMILES string of the molecule is CCc1nn(C)c(N(CCN(C)C)CC(=O)O)c1[N+](=O)[O-]. The summed E-state index contributed by atoms with van der Waals surface area (Å²) in [6, 6.07) is 0. The standard InChI is InChI=1S/C12H21N5O4/c1-5-9-11(17(20)21)12(15(4)13-9)16(8-10(18)19)7-6-14(2)3/h5-8H2,1-4H3,(H,18,19). The molecule has 0 amide bonds. The molecule has 0 fully saturated rings. The molecule has 0 aliphatic rings. The molecular weight excluding hydrogens is 278 g/mol. The van der Waals surface area contributed by atoms with Crippen molar-refractivity contribution in [2.75, 3.05) is 38.6 Å². The lowest BCUT2D eigenvalue weighted by Gasteiger charge is -2.23. The number of anilines is 1. The molecule has 1 aromatic rings. The smallest absolute Gasteiger partial charge is 0.334 e. The number of nitrogens with zero attached hydrogens (tertiary/aromatic N) is 5. The zero-order chi connectivity index (χ0) is 16.2. The van der Waals surface area contributed by atoms with E-state index in [0.29, 0.717) is 25.2 Å². The number of aliphatic carboxylic acids is 1. The summed E-state index contributed by atoms with van der Waals surface area (Å²) in [5.41, 5.74) is 0.248. The number of aromatic nitrogens is 2. The van der Waals surface area contributed by atoms with Gasteiger partial charge in [-0.15, -0.1) is 0 Å². The molecule has 0 bridgehead atoms. The second kappa shape index (κ2) is 7.02. The first-order valence-corrected chi connectivity index (χ1v) is 6.59. The first-order chi connectivity index (χ1) is 9.77. The Labute approximate surface area is 122 Å². The van der Waals surface area contributed by atoms with Crippen molar-refractivity contribution in [1.29, 1.82) is 0 Å². The number of hydrogen-bond acceptors (Lipinski definition) is 6. The fourth-order valence-corrected chi connectivity index (χ4v) is 2.08. The topological polar surface area (TPSA) is 105 Å². The first-order valence-electron chi connectivity index (χ1n) is 6.59. The monoisotopic (exact) mass is 299 g/mol. The number of carboxylic acid groups (broad SMARTS) is 1. The molecule has 0 aromatic carbocycles. The fourth-order valence-electron chi connectivity index (χ4n) is 2.08. The fraction of sp³-hybridized carbons (Fsp3) is 0.667. The second-order valence-electron chi connectivity index (χ2n) is 4.97. The van der Waals surface area contributed by atoms with Crippen molar-refractivity contribution in [3.05, 3.63) is 15.8 Å². The van der Waals surface area contributed by atoms with Crippen LogP contribution >= 0.6 is 0 Å². The molecular formula is C12H21N5O4. The van der Waals surface area contributed by atoms with E-state index >= 15 is 0 Å². The van der Waals surface area contributed by atoms with Crippen LogP contribution < -0.4 is 4.90 Å². The van der Waals surface area contributed by atoms with E-state index in [-0.39, 0.29) is 18.1 Å². The quantitative estimate of drug-likeness (QED) is 0.545. The highest BCUT2D eigenvalue weighted by Crippen LogP contribution is 2.31. The maximum absolute atomic E-state index is 11.3. The van der Waals surface area contributed by atoms with E-state index in [1.807, 2.05) is 19.0 Å². The number of aryl methyl sites for hydroxylation is 2. The number of nitro groups is 1. The molecule has 0 spiro atoms. The Morgan fingerprint density at radius 1 is 1.43 bits per heavy atom. The van der Waals surface area contributed by atoms with Gasteiger partial charge in [0.1, 0.15) is 12.2 Å². The molecule has 1 rings (SSSR count). The van der Waals surface area contributed by atoms with E-state index in [0.717, 1.165) is 0 Å². The van der Waals surface area contributed by atoms with Gasteiger partial charge < -0.3 is 14.9 Å². The van der Waals surface area contributed by atoms with Gasteiger partial charge in [0.25, 0.3) is 0 Å². The van der Waals surface area contributed by atoms with Crippen molar-refractivity contribution in [2.45, 2.75) is 13.3 Å². The van der Waals surface area contributed by atoms with Crippen molar-refractivity contribution < 1.29 is 14.8 Å². The highest BCUT2D eigenvalue weighted by Gasteiger charge is 2.30. The van der Waals surface area contributed by atoms with Crippen LogP contribution in [0.15, 0.2) is 0 Å². The van der Waals surface area contributed by atoms with E-state index in [1.54, 1.807) is 14.0 Å². The number of hydrogen-bond donors (Lipinski definition) is 1. The summed E-state index contributed by atoms with van der Waals surface area (Å²) in [6.07, 6.45) is 0.415. The van der Waals surface area contributed by atoms with Crippen LogP contribution in [0.25, 0.3) is 0 Å². The van der Waals surface area contributed by atoms with Crippen molar-refractivity contribution >= 4 is 17.5 Å². The molecule has 21 heavy (non-hydrogen) atoms. The van der Waals surface area contributed by atoms with E-state index in [4.69, 9.17) is 5.11 Å². The number of carboxylic acids is 1. The van der Waals surface area contributed by atoms with Gasteiger partial charge in [-0.3, -0.25) is 14.9 Å². The summed E-state index contributed by atoms with van der Waals surface area (Å²) in [6.45, 7) is 2.41. The highest BCUT2D eigenvalue weighted by molar-refractivity contribution is 5.75. The Balaban J connectivity index is 3.25. The van der Waals surface area contributed by atoms with Crippen LogP contribution in [0.3, 0.4) is 0 Å². The molecule has 9 nitrogen and oxygen atoms in total. The van der Waals surface area contributed by atoms with E-state index in [2.05, 4.69) is 5.10 Å². The van der Waals surface area contributed by atoms with E-state index < -0.39 is 10.9 Å². The average Bonchev–Trinajstić information content (AvgIpc) is 2.70. The Morgan fingerprint density at radius 3 is 2.48 bits per heavy atom. The van der Waals surface area contributed by atoms with Gasteiger partial charge in [0.2, 0.25) is 5.82 Å². The van der Waals surface area contributed by atoms with Crippen LogP contribution in [0.2, 0.25) is 0 Å². The number of carbonyl (C=O) groups is 1. The second-order valence-corrected chi connectivity index (χ2v) is 4.97. The molecule has 118 valence electrons. The third-order valence-corrected chi connectivity index (χ3v) is 3.02. The minimum atomic E-state index is -1.04. The highest BCUT2D eigenvalue weighted by atomic mass is 16.6. The maximum Gasteiger partial charge on any atom is 0.334 e. The first kappa shape index (κ1) is 16.9. The van der Waals surface area contributed by atoms with Crippen LogP contribution in [0.1, 0.15) is 12.6 Å². The molecule has 0 atom stereocenters. The largest absolute Gasteiger partial charge is 0.480 e. The number of likely N-dealkylation sites (N-methyl/N-ethyl adjacent to an activating group) is 1. The molecule has 1 N–H and O–H groups in total. The van der Waals surface area contributed by atoms with Crippen LogP contribution in [0, 0.1) is 10.1 Å². The Kier molecular flexibility index (Phi) is 5.65. The van der Waals surface area contributed by atoms with Crippen LogP contribution in [-0.2, 0) is 18.3 Å². The van der Waals surface area contributed by atoms with Crippen molar-refractivity contribution in [1.82, 2.24) is 14.7 Å². The van der Waals surface area contributed by atoms with Crippen LogP contribution in [0.4, 0.5) is 11.5 Å². The lowest BCUT2D eigenvalue weighted by molar-refractivity contribution is -0.384. The van der Waals surface area contributed by atoms with Gasteiger partial charge in [0, 0.05) is 20.1 Å². The van der Waals surface area contributed by atoms with Gasteiger partial charge >= 0.3 is 11.7 Å². The van der Waals surface area contributed by atoms with Crippen molar-refractivity contribution in [2.24, 2.45) is 7.05 Å². The summed E-state index contributed by atoms with van der Waals surface area (Å²) < 4.78 is 1.38. The predicted molar refractivity (Wildman–Crippen MR) is 77.6 cm³/mol. The van der Waals surface area contributed by atoms with Gasteiger partial charge in [0.05, 0.1) is 4.92 Å². The predicted octanol–water partition coefficient (Wildman–Crippen LogP) is 0.343. The average molecular weight is 299 g/mol. The third kappa shape index (κ3) is 4.15. The van der Waals surface area contributed by atoms with Gasteiger partial charge in [-0.25, -0.2) is 4.68 Å². The molecule has 9 heteroatoms. The molecule has 1 aromatic heterocycles. The Bertz CT molecular complexity index is 526. The third-order valence-electron chi connectivity index (χ3n) is 3.02. The van der Waals surface area contributed by atoms with Gasteiger partial charge in [-0.05, 0) is 20.5 Å². The molecule has 0 saturated heterocycles. The maximum atomic E-state index is 11.3. The number of rotatable bonds is 8. The zero-order valence-electron chi connectivity index (χ0n) is 12.7. The molecule has 0 unspecified atom stereocenters. The Morgan fingerprint density at radius 2 is 2.05 bits per heavy atom. The Hall–Kier alpha value is -2.16.